The van der Waals surface area contributed by atoms with Crippen LogP contribution in [0.2, 0.25) is 0 Å². The van der Waals surface area contributed by atoms with E-state index in [9.17, 15) is 9.18 Å². The van der Waals surface area contributed by atoms with E-state index < -0.39 is 11.8 Å². The summed E-state index contributed by atoms with van der Waals surface area (Å²) >= 11 is 0. The highest BCUT2D eigenvalue weighted by molar-refractivity contribution is 5.70. The zero-order valence-corrected chi connectivity index (χ0v) is 9.03. The molecule has 1 rings (SSSR count). The van der Waals surface area contributed by atoms with Gasteiger partial charge in [-0.05, 0) is 30.7 Å². The number of halogens is 1. The molecule has 0 fully saturated rings. The largest absolute Gasteiger partial charge is 0.479 e. The quantitative estimate of drug-likeness (QED) is 0.758. The van der Waals surface area contributed by atoms with E-state index in [0.29, 0.717) is 13.0 Å². The number of nitrogens with two attached hydrogens (primary N) is 1. The van der Waals surface area contributed by atoms with Crippen LogP contribution in [0.4, 0.5) is 4.39 Å². The van der Waals surface area contributed by atoms with Crippen LogP contribution in [-0.4, -0.2) is 26.2 Å². The fourth-order valence-electron chi connectivity index (χ4n) is 1.18. The van der Waals surface area contributed by atoms with Gasteiger partial charge in [0.2, 0.25) is 0 Å². The molecule has 0 radical (unpaired) electrons. The SMILES string of the molecule is COC(=O)COc1ccc(CCN)cc1F. The van der Waals surface area contributed by atoms with Crippen LogP contribution in [-0.2, 0) is 16.0 Å². The van der Waals surface area contributed by atoms with Crippen LogP contribution in [0.5, 0.6) is 5.75 Å². The molecule has 0 saturated carbocycles. The first-order valence-corrected chi connectivity index (χ1v) is 4.85. The molecule has 0 saturated heterocycles. The number of hydrogen-bond donors (Lipinski definition) is 1. The van der Waals surface area contributed by atoms with Crippen LogP contribution in [0.15, 0.2) is 18.2 Å². The molecule has 0 amide bonds. The third-order valence-electron chi connectivity index (χ3n) is 2.00. The maximum Gasteiger partial charge on any atom is 0.343 e. The van der Waals surface area contributed by atoms with Crippen molar-refractivity contribution in [1.82, 2.24) is 0 Å². The molecule has 0 aliphatic heterocycles. The van der Waals surface area contributed by atoms with Gasteiger partial charge in [0.15, 0.2) is 18.2 Å². The lowest BCUT2D eigenvalue weighted by Gasteiger charge is -2.07. The lowest BCUT2D eigenvalue weighted by atomic mass is 10.1. The Balaban J connectivity index is 2.64. The summed E-state index contributed by atoms with van der Waals surface area (Å²) in [7, 11) is 1.24. The van der Waals surface area contributed by atoms with Gasteiger partial charge in [-0.3, -0.25) is 0 Å². The van der Waals surface area contributed by atoms with E-state index in [-0.39, 0.29) is 12.4 Å². The van der Waals surface area contributed by atoms with Gasteiger partial charge in [0.05, 0.1) is 7.11 Å². The minimum Gasteiger partial charge on any atom is -0.479 e. The predicted octanol–water partition coefficient (Wildman–Crippen LogP) is 0.879. The van der Waals surface area contributed by atoms with Gasteiger partial charge in [-0.25, -0.2) is 9.18 Å². The second-order valence-electron chi connectivity index (χ2n) is 3.17. The molecule has 2 N–H and O–H groups in total. The van der Waals surface area contributed by atoms with E-state index in [1.54, 1.807) is 6.07 Å². The number of ether oxygens (including phenoxy) is 2. The normalized spacial score (nSPS) is 9.94. The van der Waals surface area contributed by atoms with E-state index >= 15 is 0 Å². The van der Waals surface area contributed by atoms with Gasteiger partial charge in [-0.15, -0.1) is 0 Å². The van der Waals surface area contributed by atoms with Crippen LogP contribution in [0.25, 0.3) is 0 Å². The molecule has 0 bridgehead atoms. The molecule has 0 unspecified atom stereocenters. The van der Waals surface area contributed by atoms with Crippen molar-refractivity contribution in [3.8, 4) is 5.75 Å². The number of esters is 1. The highest BCUT2D eigenvalue weighted by Gasteiger charge is 2.07. The average Bonchev–Trinajstić information content (AvgIpc) is 2.28. The van der Waals surface area contributed by atoms with Crippen molar-refractivity contribution in [2.45, 2.75) is 6.42 Å². The van der Waals surface area contributed by atoms with Crippen LogP contribution in [0.1, 0.15) is 5.56 Å². The molecule has 1 aromatic carbocycles. The van der Waals surface area contributed by atoms with Gasteiger partial charge >= 0.3 is 5.97 Å². The van der Waals surface area contributed by atoms with Crippen LogP contribution in [0, 0.1) is 5.82 Å². The molecule has 4 nitrogen and oxygen atoms in total. The van der Waals surface area contributed by atoms with E-state index in [4.69, 9.17) is 10.5 Å². The molecule has 1 aromatic rings. The third kappa shape index (κ3) is 3.51. The summed E-state index contributed by atoms with van der Waals surface area (Å²) < 4.78 is 22.7. The third-order valence-corrected chi connectivity index (χ3v) is 2.00. The highest BCUT2D eigenvalue weighted by Crippen LogP contribution is 2.18. The molecular formula is C11H14FNO3. The summed E-state index contributed by atoms with van der Waals surface area (Å²) in [5.74, 6) is -1.02. The second kappa shape index (κ2) is 6.07. The van der Waals surface area contributed by atoms with Crippen molar-refractivity contribution in [3.63, 3.8) is 0 Å². The van der Waals surface area contributed by atoms with Crippen molar-refractivity contribution >= 4 is 5.97 Å². The van der Waals surface area contributed by atoms with E-state index in [1.807, 2.05) is 0 Å². The molecule has 0 aromatic heterocycles. The summed E-state index contributed by atoms with van der Waals surface area (Å²) in [6.45, 7) is 0.158. The van der Waals surface area contributed by atoms with Gasteiger partial charge in [-0.1, -0.05) is 6.07 Å². The van der Waals surface area contributed by atoms with Gasteiger partial charge < -0.3 is 15.2 Å². The summed E-state index contributed by atoms with van der Waals surface area (Å²) in [5, 5.41) is 0. The number of benzene rings is 1. The first-order valence-electron chi connectivity index (χ1n) is 4.85. The van der Waals surface area contributed by atoms with Gasteiger partial charge in [0, 0.05) is 0 Å². The van der Waals surface area contributed by atoms with Crippen molar-refractivity contribution in [2.75, 3.05) is 20.3 Å². The van der Waals surface area contributed by atoms with Crippen LogP contribution in [0.3, 0.4) is 0 Å². The zero-order valence-electron chi connectivity index (χ0n) is 9.03. The minimum absolute atomic E-state index is 0.0335. The fraction of sp³-hybridized carbons (Fsp3) is 0.364. The van der Waals surface area contributed by atoms with Crippen molar-refractivity contribution < 1.29 is 18.7 Å². The maximum absolute atomic E-state index is 13.4. The number of carbonyl (C=O) groups excluding carboxylic acids is 1. The van der Waals surface area contributed by atoms with Crippen molar-refractivity contribution in [2.24, 2.45) is 5.73 Å². The van der Waals surface area contributed by atoms with Crippen LogP contribution >= 0.6 is 0 Å². The Hall–Kier alpha value is -1.62. The fourth-order valence-corrected chi connectivity index (χ4v) is 1.18. The standard InChI is InChI=1S/C11H14FNO3/c1-15-11(14)7-16-10-3-2-8(4-5-13)6-9(10)12/h2-3,6H,4-5,7,13H2,1H3. The number of methoxy groups -OCH3 is 1. The minimum atomic E-state index is -0.551. The maximum atomic E-state index is 13.4. The van der Waals surface area contributed by atoms with Gasteiger partial charge in [0.1, 0.15) is 0 Å². The number of rotatable bonds is 5. The van der Waals surface area contributed by atoms with Crippen LogP contribution < -0.4 is 10.5 Å². The Labute approximate surface area is 93.2 Å². The molecule has 88 valence electrons. The summed E-state index contributed by atoms with van der Waals surface area (Å²) in [5.41, 5.74) is 6.15. The Bertz CT molecular complexity index is 368. The first kappa shape index (κ1) is 12.4. The monoisotopic (exact) mass is 227 g/mol. The van der Waals surface area contributed by atoms with E-state index in [2.05, 4.69) is 4.74 Å². The van der Waals surface area contributed by atoms with E-state index in [1.165, 1.54) is 19.2 Å². The molecular weight excluding hydrogens is 213 g/mol. The summed E-state index contributed by atoms with van der Waals surface area (Å²) in [6.07, 6.45) is 0.605. The molecule has 16 heavy (non-hydrogen) atoms. The van der Waals surface area contributed by atoms with Gasteiger partial charge in [-0.2, -0.15) is 0 Å². The smallest absolute Gasteiger partial charge is 0.343 e. The summed E-state index contributed by atoms with van der Waals surface area (Å²) in [4.78, 5) is 10.8. The zero-order chi connectivity index (χ0) is 12.0. The lowest BCUT2D eigenvalue weighted by Crippen LogP contribution is -2.13. The molecule has 5 heteroatoms. The lowest BCUT2D eigenvalue weighted by molar-refractivity contribution is -0.142. The molecule has 0 heterocycles. The first-order chi connectivity index (χ1) is 7.67. The molecule has 0 aliphatic carbocycles. The molecule has 0 spiro atoms. The molecule has 0 aliphatic rings. The topological polar surface area (TPSA) is 61.5 Å². The van der Waals surface area contributed by atoms with E-state index in [0.717, 1.165) is 5.56 Å². The average molecular weight is 227 g/mol. The summed E-state index contributed by atoms with van der Waals surface area (Å²) in [6, 6.07) is 4.53. The Morgan fingerprint density at radius 1 is 1.50 bits per heavy atom. The Kier molecular flexibility index (Phi) is 4.72. The Morgan fingerprint density at radius 3 is 2.81 bits per heavy atom. The van der Waals surface area contributed by atoms with Crippen molar-refractivity contribution in [1.29, 1.82) is 0 Å². The Morgan fingerprint density at radius 2 is 2.25 bits per heavy atom. The predicted molar refractivity (Wildman–Crippen MR) is 56.7 cm³/mol. The number of carbonyl (C=O) groups is 1. The second-order valence-corrected chi connectivity index (χ2v) is 3.17. The van der Waals surface area contributed by atoms with Crippen molar-refractivity contribution in [3.05, 3.63) is 29.6 Å². The van der Waals surface area contributed by atoms with Gasteiger partial charge in [0.25, 0.3) is 0 Å². The molecule has 0 atom stereocenters. The highest BCUT2D eigenvalue weighted by atomic mass is 19.1. The number of hydrogen-bond acceptors (Lipinski definition) is 4.